The Labute approximate surface area is 126 Å². The maximum absolute atomic E-state index is 12.3. The third kappa shape index (κ3) is 4.21. The van der Waals surface area contributed by atoms with E-state index < -0.39 is 5.60 Å². The number of ether oxygens (including phenoxy) is 1. The van der Waals surface area contributed by atoms with Gasteiger partial charge in [-0.3, -0.25) is 4.79 Å². The minimum absolute atomic E-state index is 0.132. The summed E-state index contributed by atoms with van der Waals surface area (Å²) in [6, 6.07) is 5.39. The normalized spacial score (nSPS) is 17.9. The minimum atomic E-state index is -0.744. The van der Waals surface area contributed by atoms with Crippen LogP contribution in [0.5, 0.6) is 5.75 Å². The Bertz CT molecular complexity index is 491. The summed E-state index contributed by atoms with van der Waals surface area (Å²) in [5, 5.41) is 13.4. The molecule has 0 saturated heterocycles. The van der Waals surface area contributed by atoms with E-state index in [1.807, 2.05) is 13.0 Å². The first kappa shape index (κ1) is 15.8. The fourth-order valence-corrected chi connectivity index (χ4v) is 2.92. The Kier molecular flexibility index (Phi) is 5.23. The van der Waals surface area contributed by atoms with E-state index in [9.17, 15) is 9.90 Å². The molecule has 2 rings (SSSR count). The second-order valence-corrected chi connectivity index (χ2v) is 6.00. The Morgan fingerprint density at radius 2 is 1.95 bits per heavy atom. The fourth-order valence-electron chi connectivity index (χ4n) is 2.92. The molecule has 4 heteroatoms. The molecule has 0 heterocycles. The number of hydrogen-bond acceptors (Lipinski definition) is 3. The van der Waals surface area contributed by atoms with E-state index in [1.54, 1.807) is 19.2 Å². The lowest BCUT2D eigenvalue weighted by Gasteiger charge is -2.27. The van der Waals surface area contributed by atoms with Crippen molar-refractivity contribution in [2.75, 3.05) is 13.7 Å². The van der Waals surface area contributed by atoms with Crippen LogP contribution in [0, 0.1) is 6.92 Å². The first-order chi connectivity index (χ1) is 10.0. The molecule has 2 N–H and O–H groups in total. The van der Waals surface area contributed by atoms with Crippen LogP contribution in [-0.4, -0.2) is 30.3 Å². The van der Waals surface area contributed by atoms with Crippen LogP contribution in [0.4, 0.5) is 0 Å². The van der Waals surface area contributed by atoms with E-state index in [4.69, 9.17) is 4.74 Å². The van der Waals surface area contributed by atoms with Gasteiger partial charge in [0.25, 0.3) is 5.91 Å². The number of nitrogens with one attached hydrogen (secondary N) is 1. The molecule has 21 heavy (non-hydrogen) atoms. The van der Waals surface area contributed by atoms with E-state index in [-0.39, 0.29) is 5.91 Å². The zero-order valence-electron chi connectivity index (χ0n) is 12.9. The minimum Gasteiger partial charge on any atom is -0.497 e. The Hall–Kier alpha value is -1.55. The summed E-state index contributed by atoms with van der Waals surface area (Å²) >= 11 is 0. The van der Waals surface area contributed by atoms with Crippen LogP contribution in [0.1, 0.15) is 54.4 Å². The molecule has 0 atom stereocenters. The van der Waals surface area contributed by atoms with Crippen LogP contribution >= 0.6 is 0 Å². The number of amides is 1. The van der Waals surface area contributed by atoms with Gasteiger partial charge in [-0.2, -0.15) is 0 Å². The highest BCUT2D eigenvalue weighted by Crippen LogP contribution is 2.26. The van der Waals surface area contributed by atoms with Gasteiger partial charge in [0.2, 0.25) is 0 Å². The van der Waals surface area contributed by atoms with Gasteiger partial charge in [0.05, 0.1) is 12.7 Å². The second-order valence-electron chi connectivity index (χ2n) is 6.00. The van der Waals surface area contributed by atoms with Crippen LogP contribution in [0.3, 0.4) is 0 Å². The highest BCUT2D eigenvalue weighted by molar-refractivity contribution is 5.95. The van der Waals surface area contributed by atoms with Crippen molar-refractivity contribution in [1.82, 2.24) is 5.32 Å². The summed E-state index contributed by atoms with van der Waals surface area (Å²) in [7, 11) is 1.61. The van der Waals surface area contributed by atoms with Gasteiger partial charge in [-0.05, 0) is 43.5 Å². The molecule has 0 aromatic heterocycles. The Balaban J connectivity index is 1.98. The molecule has 0 aliphatic heterocycles. The summed E-state index contributed by atoms with van der Waals surface area (Å²) in [6.07, 6.45) is 5.97. The third-order valence-electron chi connectivity index (χ3n) is 4.29. The van der Waals surface area contributed by atoms with Crippen LogP contribution in [-0.2, 0) is 0 Å². The van der Waals surface area contributed by atoms with Gasteiger partial charge in [0.1, 0.15) is 5.75 Å². The van der Waals surface area contributed by atoms with Gasteiger partial charge < -0.3 is 15.2 Å². The van der Waals surface area contributed by atoms with E-state index in [1.165, 1.54) is 12.8 Å². The summed E-state index contributed by atoms with van der Waals surface area (Å²) in [6.45, 7) is 2.22. The molecule has 116 valence electrons. The average Bonchev–Trinajstić information content (AvgIpc) is 2.70. The summed E-state index contributed by atoms with van der Waals surface area (Å²) in [4.78, 5) is 12.3. The zero-order chi connectivity index (χ0) is 15.3. The molecule has 4 nitrogen and oxygen atoms in total. The van der Waals surface area contributed by atoms with Gasteiger partial charge >= 0.3 is 0 Å². The monoisotopic (exact) mass is 291 g/mol. The summed E-state index contributed by atoms with van der Waals surface area (Å²) < 4.78 is 5.14. The lowest BCUT2D eigenvalue weighted by molar-refractivity contribution is 0.0246. The molecule has 0 spiro atoms. The van der Waals surface area contributed by atoms with Crippen molar-refractivity contribution in [2.24, 2.45) is 0 Å². The lowest BCUT2D eigenvalue weighted by atomic mass is 9.94. The predicted octanol–water partition coefficient (Wildman–Crippen LogP) is 2.82. The maximum atomic E-state index is 12.3. The summed E-state index contributed by atoms with van der Waals surface area (Å²) in [5.74, 6) is 0.610. The van der Waals surface area contributed by atoms with E-state index in [0.717, 1.165) is 37.0 Å². The van der Waals surface area contributed by atoms with E-state index in [2.05, 4.69) is 5.32 Å². The molecule has 1 aromatic carbocycles. The molecule has 1 fully saturated rings. The molecule has 0 unspecified atom stereocenters. The highest BCUT2D eigenvalue weighted by Gasteiger charge is 2.28. The molecule has 1 aliphatic carbocycles. The quantitative estimate of drug-likeness (QED) is 0.839. The highest BCUT2D eigenvalue weighted by atomic mass is 16.5. The number of carbonyl (C=O) groups excluding carboxylic acids is 1. The molecular formula is C17H25NO3. The van der Waals surface area contributed by atoms with Crippen molar-refractivity contribution in [1.29, 1.82) is 0 Å². The zero-order valence-corrected chi connectivity index (χ0v) is 12.9. The number of rotatable bonds is 4. The van der Waals surface area contributed by atoms with Gasteiger partial charge in [-0.15, -0.1) is 0 Å². The number of methoxy groups -OCH3 is 1. The fraction of sp³-hybridized carbons (Fsp3) is 0.588. The van der Waals surface area contributed by atoms with Gasteiger partial charge in [0, 0.05) is 12.1 Å². The number of aliphatic hydroxyl groups is 1. The van der Waals surface area contributed by atoms with Gasteiger partial charge in [-0.25, -0.2) is 0 Å². The van der Waals surface area contributed by atoms with Crippen LogP contribution in [0.15, 0.2) is 18.2 Å². The number of benzene rings is 1. The molecule has 0 radical (unpaired) electrons. The first-order valence-corrected chi connectivity index (χ1v) is 7.69. The van der Waals surface area contributed by atoms with Crippen molar-refractivity contribution in [2.45, 2.75) is 51.0 Å². The van der Waals surface area contributed by atoms with Crippen molar-refractivity contribution in [3.05, 3.63) is 29.3 Å². The largest absolute Gasteiger partial charge is 0.497 e. The molecule has 1 aliphatic rings. The molecule has 1 saturated carbocycles. The number of aryl methyl sites for hydroxylation is 1. The topological polar surface area (TPSA) is 58.6 Å². The smallest absolute Gasteiger partial charge is 0.251 e. The Morgan fingerprint density at radius 1 is 1.29 bits per heavy atom. The Morgan fingerprint density at radius 3 is 2.52 bits per heavy atom. The second kappa shape index (κ2) is 6.94. The maximum Gasteiger partial charge on any atom is 0.251 e. The van der Waals surface area contributed by atoms with Crippen molar-refractivity contribution in [3.8, 4) is 5.75 Å². The van der Waals surface area contributed by atoms with Crippen LogP contribution in [0.2, 0.25) is 0 Å². The SMILES string of the molecule is COc1ccc(C(=O)NCC2(O)CCCCCC2)c(C)c1. The van der Waals surface area contributed by atoms with E-state index in [0.29, 0.717) is 12.1 Å². The molecular weight excluding hydrogens is 266 g/mol. The van der Waals surface area contributed by atoms with E-state index >= 15 is 0 Å². The molecule has 1 aromatic rings. The molecule has 1 amide bonds. The molecule has 0 bridgehead atoms. The van der Waals surface area contributed by atoms with Crippen molar-refractivity contribution >= 4 is 5.91 Å². The van der Waals surface area contributed by atoms with Gasteiger partial charge in [-0.1, -0.05) is 25.7 Å². The van der Waals surface area contributed by atoms with Gasteiger partial charge in [0.15, 0.2) is 0 Å². The average molecular weight is 291 g/mol. The first-order valence-electron chi connectivity index (χ1n) is 7.69. The van der Waals surface area contributed by atoms with Crippen molar-refractivity contribution < 1.29 is 14.6 Å². The number of hydrogen-bond donors (Lipinski definition) is 2. The lowest BCUT2D eigenvalue weighted by Crippen LogP contribution is -2.42. The van der Waals surface area contributed by atoms with Crippen molar-refractivity contribution in [3.63, 3.8) is 0 Å². The van der Waals surface area contributed by atoms with Crippen LogP contribution < -0.4 is 10.1 Å². The number of carbonyl (C=O) groups is 1. The van der Waals surface area contributed by atoms with Crippen LogP contribution in [0.25, 0.3) is 0 Å². The summed E-state index contributed by atoms with van der Waals surface area (Å²) in [5.41, 5.74) is 0.764. The predicted molar refractivity (Wildman–Crippen MR) is 82.7 cm³/mol. The third-order valence-corrected chi connectivity index (χ3v) is 4.29. The standard InChI is InChI=1S/C17H25NO3/c1-13-11-14(21-2)7-8-15(13)16(19)18-12-17(20)9-5-3-4-6-10-17/h7-8,11,20H,3-6,9-10,12H2,1-2H3,(H,18,19).